The molecule has 2 aliphatic rings. The summed E-state index contributed by atoms with van der Waals surface area (Å²) in [6, 6.07) is 2.38. The molecule has 0 saturated carbocycles. The number of amides is 2. The Labute approximate surface area is 196 Å². The molecule has 1 aromatic carbocycles. The van der Waals surface area contributed by atoms with Crippen LogP contribution < -0.4 is 5.32 Å². The minimum absolute atomic E-state index is 0.0408. The second-order valence-corrected chi connectivity index (χ2v) is 9.06. The number of nitrogens with one attached hydrogen (secondary N) is 1. The summed E-state index contributed by atoms with van der Waals surface area (Å²) in [5, 5.41) is 2.93. The molecule has 0 radical (unpaired) electrons. The summed E-state index contributed by atoms with van der Waals surface area (Å²) in [6.07, 6.45) is -4.49. The molecule has 2 amide bonds. The third-order valence-corrected chi connectivity index (χ3v) is 6.26. The Hall–Kier alpha value is -2.04. The van der Waals surface area contributed by atoms with Gasteiger partial charge in [0.15, 0.2) is 0 Å². The van der Waals surface area contributed by atoms with Crippen molar-refractivity contribution in [3.05, 3.63) is 28.8 Å². The van der Waals surface area contributed by atoms with Gasteiger partial charge in [0.2, 0.25) is 11.8 Å². The third-order valence-electron chi connectivity index (χ3n) is 5.95. The Bertz CT molecular complexity index is 839. The van der Waals surface area contributed by atoms with Gasteiger partial charge in [-0.15, -0.1) is 0 Å². The predicted octanol–water partition coefficient (Wildman–Crippen LogP) is 2.80. The van der Waals surface area contributed by atoms with Crippen LogP contribution in [0.4, 0.5) is 18.9 Å². The standard InChI is InChI=1S/C22H30ClF3N4O3/c1-15(2)20(27-18-4-3-16(13-17(18)23)22(24,25)26)21(32)30-7-5-29(6-8-30)19(31)14-28-9-11-33-12-10-28/h3-4,13,15,20,27H,5-12,14H2,1-2H3/t20-/m0/s1. The van der Waals surface area contributed by atoms with E-state index in [1.165, 1.54) is 6.07 Å². The number of ether oxygens (including phenoxy) is 1. The number of carbonyl (C=O) groups excluding carboxylic acids is 2. The first-order valence-corrected chi connectivity index (χ1v) is 11.4. The largest absolute Gasteiger partial charge is 0.416 e. The van der Waals surface area contributed by atoms with Gasteiger partial charge in [-0.25, -0.2) is 0 Å². The van der Waals surface area contributed by atoms with Crippen LogP contribution in [0.2, 0.25) is 5.02 Å². The monoisotopic (exact) mass is 490 g/mol. The van der Waals surface area contributed by atoms with Gasteiger partial charge in [-0.3, -0.25) is 14.5 Å². The van der Waals surface area contributed by atoms with Gasteiger partial charge in [-0.1, -0.05) is 25.4 Å². The van der Waals surface area contributed by atoms with E-state index in [0.717, 1.165) is 25.2 Å². The molecule has 184 valence electrons. The van der Waals surface area contributed by atoms with E-state index in [1.807, 2.05) is 13.8 Å². The first kappa shape index (κ1) is 25.6. The summed E-state index contributed by atoms with van der Waals surface area (Å²) in [4.78, 5) is 31.3. The highest BCUT2D eigenvalue weighted by atomic mass is 35.5. The lowest BCUT2D eigenvalue weighted by molar-refractivity contribution is -0.141. The molecule has 1 N–H and O–H groups in total. The van der Waals surface area contributed by atoms with Crippen LogP contribution in [0, 0.1) is 5.92 Å². The summed E-state index contributed by atoms with van der Waals surface area (Å²) in [5.41, 5.74) is -0.570. The molecule has 0 unspecified atom stereocenters. The van der Waals surface area contributed by atoms with Gasteiger partial charge in [-0.2, -0.15) is 13.2 Å². The lowest BCUT2D eigenvalue weighted by atomic mass is 10.0. The van der Waals surface area contributed by atoms with Crippen molar-refractivity contribution < 1.29 is 27.5 Å². The maximum atomic E-state index is 13.2. The Morgan fingerprint density at radius 1 is 1.06 bits per heavy atom. The van der Waals surface area contributed by atoms with Gasteiger partial charge in [0.05, 0.1) is 36.0 Å². The molecule has 3 rings (SSSR count). The molecule has 2 heterocycles. The summed E-state index contributed by atoms with van der Waals surface area (Å²) in [5.74, 6) is -0.253. The van der Waals surface area contributed by atoms with Crippen LogP contribution in [0.15, 0.2) is 18.2 Å². The Morgan fingerprint density at radius 3 is 2.21 bits per heavy atom. The molecule has 33 heavy (non-hydrogen) atoms. The lowest BCUT2D eigenvalue weighted by Crippen LogP contribution is -2.56. The van der Waals surface area contributed by atoms with Crippen LogP contribution in [-0.2, 0) is 20.5 Å². The molecule has 1 aromatic rings. The van der Waals surface area contributed by atoms with Crippen molar-refractivity contribution in [3.63, 3.8) is 0 Å². The van der Waals surface area contributed by atoms with Gasteiger partial charge in [0.25, 0.3) is 0 Å². The second-order valence-electron chi connectivity index (χ2n) is 8.65. The van der Waals surface area contributed by atoms with Crippen LogP contribution in [0.25, 0.3) is 0 Å². The fourth-order valence-corrected chi connectivity index (χ4v) is 4.15. The van der Waals surface area contributed by atoms with Crippen LogP contribution in [0.5, 0.6) is 0 Å². The maximum absolute atomic E-state index is 13.2. The number of hydrogen-bond donors (Lipinski definition) is 1. The van der Waals surface area contributed by atoms with E-state index < -0.39 is 17.8 Å². The van der Waals surface area contributed by atoms with Gasteiger partial charge >= 0.3 is 6.18 Å². The topological polar surface area (TPSA) is 65.1 Å². The second kappa shape index (κ2) is 10.9. The molecule has 2 fully saturated rings. The number of morpholine rings is 1. The highest BCUT2D eigenvalue weighted by molar-refractivity contribution is 6.33. The number of rotatable bonds is 6. The van der Waals surface area contributed by atoms with Gasteiger partial charge in [0, 0.05) is 39.3 Å². The van der Waals surface area contributed by atoms with Crippen molar-refractivity contribution in [2.45, 2.75) is 26.1 Å². The normalized spacial score (nSPS) is 19.0. The van der Waals surface area contributed by atoms with E-state index >= 15 is 0 Å². The smallest absolute Gasteiger partial charge is 0.379 e. The number of nitrogens with zero attached hydrogens (tertiary/aromatic N) is 3. The molecule has 2 aliphatic heterocycles. The summed E-state index contributed by atoms with van der Waals surface area (Å²) in [6.45, 7) is 8.48. The van der Waals surface area contributed by atoms with Crippen molar-refractivity contribution >= 4 is 29.1 Å². The highest BCUT2D eigenvalue weighted by Gasteiger charge is 2.33. The number of benzene rings is 1. The van der Waals surface area contributed by atoms with Crippen molar-refractivity contribution in [2.24, 2.45) is 5.92 Å². The highest BCUT2D eigenvalue weighted by Crippen LogP contribution is 2.34. The predicted molar refractivity (Wildman–Crippen MR) is 119 cm³/mol. The van der Waals surface area contributed by atoms with Crippen molar-refractivity contribution in [2.75, 3.05) is 64.3 Å². The average molecular weight is 491 g/mol. The molecule has 2 saturated heterocycles. The third kappa shape index (κ3) is 6.74. The van der Waals surface area contributed by atoms with Crippen LogP contribution in [0.1, 0.15) is 19.4 Å². The number of hydrogen-bond acceptors (Lipinski definition) is 5. The van der Waals surface area contributed by atoms with Crippen LogP contribution >= 0.6 is 11.6 Å². The van der Waals surface area contributed by atoms with E-state index in [9.17, 15) is 22.8 Å². The zero-order chi connectivity index (χ0) is 24.2. The Kier molecular flexibility index (Phi) is 8.47. The van der Waals surface area contributed by atoms with Crippen LogP contribution in [-0.4, -0.2) is 91.6 Å². The van der Waals surface area contributed by atoms with E-state index in [2.05, 4.69) is 10.2 Å². The van der Waals surface area contributed by atoms with Crippen LogP contribution in [0.3, 0.4) is 0 Å². The lowest BCUT2D eigenvalue weighted by Gasteiger charge is -2.38. The molecule has 0 aromatic heterocycles. The summed E-state index contributed by atoms with van der Waals surface area (Å²) >= 11 is 6.07. The molecular formula is C22H30ClF3N4O3. The zero-order valence-corrected chi connectivity index (χ0v) is 19.6. The van der Waals surface area contributed by atoms with Crippen molar-refractivity contribution in [1.82, 2.24) is 14.7 Å². The Balaban J connectivity index is 1.58. The van der Waals surface area contributed by atoms with Gasteiger partial charge in [-0.05, 0) is 24.1 Å². The minimum atomic E-state index is -4.49. The van der Waals surface area contributed by atoms with Crippen molar-refractivity contribution in [3.8, 4) is 0 Å². The van der Waals surface area contributed by atoms with E-state index in [1.54, 1.807) is 9.80 Å². The molecular weight excluding hydrogens is 461 g/mol. The molecule has 11 heteroatoms. The SMILES string of the molecule is CC(C)[C@H](Nc1ccc(C(F)(F)F)cc1Cl)C(=O)N1CCN(C(=O)CN2CCOCC2)CC1. The molecule has 0 spiro atoms. The molecule has 7 nitrogen and oxygen atoms in total. The fourth-order valence-electron chi connectivity index (χ4n) is 3.91. The van der Waals surface area contributed by atoms with Gasteiger partial charge < -0.3 is 19.9 Å². The number of carbonyl (C=O) groups is 2. The van der Waals surface area contributed by atoms with E-state index in [0.29, 0.717) is 45.9 Å². The summed E-state index contributed by atoms with van der Waals surface area (Å²) in [7, 11) is 0. The first-order chi connectivity index (χ1) is 15.6. The quantitative estimate of drug-likeness (QED) is 0.664. The van der Waals surface area contributed by atoms with E-state index in [-0.39, 0.29) is 28.4 Å². The van der Waals surface area contributed by atoms with E-state index in [4.69, 9.17) is 16.3 Å². The fraction of sp³-hybridized carbons (Fsp3) is 0.636. The minimum Gasteiger partial charge on any atom is -0.379 e. The molecule has 0 bridgehead atoms. The number of halogens is 4. The van der Waals surface area contributed by atoms with Gasteiger partial charge in [0.1, 0.15) is 6.04 Å². The Morgan fingerprint density at radius 2 is 1.67 bits per heavy atom. The molecule has 1 atom stereocenters. The number of alkyl halides is 3. The average Bonchev–Trinajstić information content (AvgIpc) is 2.77. The first-order valence-electron chi connectivity index (χ1n) is 11.1. The summed E-state index contributed by atoms with van der Waals surface area (Å²) < 4.78 is 44.0. The van der Waals surface area contributed by atoms with Crippen molar-refractivity contribution in [1.29, 1.82) is 0 Å². The molecule has 0 aliphatic carbocycles. The zero-order valence-electron chi connectivity index (χ0n) is 18.8. The maximum Gasteiger partial charge on any atom is 0.416 e. The number of piperazine rings is 1. The number of anilines is 1.